The van der Waals surface area contributed by atoms with Crippen molar-refractivity contribution in [3.05, 3.63) is 0 Å². The molecule has 0 aliphatic carbocycles. The summed E-state index contributed by atoms with van der Waals surface area (Å²) in [5, 5.41) is 11.1. The normalized spacial score (nSPS) is 39.0. The van der Waals surface area contributed by atoms with E-state index >= 15 is 0 Å². The Balaban J connectivity index is 2.37. The second kappa shape index (κ2) is 4.07. The molecule has 0 N–H and O–H groups in total. The van der Waals surface area contributed by atoms with Crippen LogP contribution < -0.4 is 0 Å². The molecule has 1 radical (unpaired) electrons. The van der Waals surface area contributed by atoms with Crippen molar-refractivity contribution in [2.75, 3.05) is 6.61 Å². The first-order chi connectivity index (χ1) is 5.27. The highest BCUT2D eigenvalue weighted by Crippen LogP contribution is 2.28. The van der Waals surface area contributed by atoms with Gasteiger partial charge in [-0.1, -0.05) is 20.3 Å². The first-order valence-corrected chi connectivity index (χ1v) is 4.55. The molecule has 0 bridgehead atoms. The summed E-state index contributed by atoms with van der Waals surface area (Å²) in [6.07, 6.45) is 2.43. The van der Waals surface area contributed by atoms with Gasteiger partial charge < -0.3 is 4.74 Å². The Morgan fingerprint density at radius 3 is 2.64 bits per heavy atom. The highest BCUT2D eigenvalue weighted by molar-refractivity contribution is 4.71. The molecule has 1 fully saturated rings. The largest absolute Gasteiger partial charge is 0.349 e. The summed E-state index contributed by atoms with van der Waals surface area (Å²) in [4.78, 5) is 0. The summed E-state index contributed by atoms with van der Waals surface area (Å²) in [7, 11) is 0. The summed E-state index contributed by atoms with van der Waals surface area (Å²) in [6.45, 7) is 4.91. The van der Waals surface area contributed by atoms with E-state index in [1.165, 1.54) is 0 Å². The first-order valence-electron chi connectivity index (χ1n) is 4.55. The van der Waals surface area contributed by atoms with Crippen LogP contribution in [0.3, 0.4) is 0 Å². The lowest BCUT2D eigenvalue weighted by Gasteiger charge is -2.30. The second-order valence-electron chi connectivity index (χ2n) is 3.38. The van der Waals surface area contributed by atoms with Gasteiger partial charge in [0.25, 0.3) is 0 Å². The lowest BCUT2D eigenvalue weighted by molar-refractivity contribution is -0.207. The van der Waals surface area contributed by atoms with Gasteiger partial charge in [0.2, 0.25) is 0 Å². The predicted molar refractivity (Wildman–Crippen MR) is 42.6 cm³/mol. The third-order valence-electron chi connectivity index (χ3n) is 2.62. The highest BCUT2D eigenvalue weighted by atomic mass is 16.6. The molecule has 1 heterocycles. The highest BCUT2D eigenvalue weighted by Gasteiger charge is 2.28. The van der Waals surface area contributed by atoms with Gasteiger partial charge >= 0.3 is 0 Å². The Morgan fingerprint density at radius 2 is 2.09 bits per heavy atom. The average Bonchev–Trinajstić information content (AvgIpc) is 2.05. The van der Waals surface area contributed by atoms with Crippen LogP contribution in [0, 0.1) is 11.8 Å². The Labute approximate surface area is 68.6 Å². The molecule has 1 aliphatic heterocycles. The van der Waals surface area contributed by atoms with Crippen molar-refractivity contribution in [3.63, 3.8) is 0 Å². The molecule has 3 atom stereocenters. The van der Waals surface area contributed by atoms with Gasteiger partial charge in [-0.2, -0.15) is 0 Å². The van der Waals surface area contributed by atoms with Crippen LogP contribution in [-0.2, 0) is 9.84 Å². The minimum atomic E-state index is -0.747. The lowest BCUT2D eigenvalue weighted by atomic mass is 9.88. The molecule has 0 aromatic carbocycles. The Bertz CT molecular complexity index is 114. The van der Waals surface area contributed by atoms with E-state index in [-0.39, 0.29) is 5.92 Å². The maximum atomic E-state index is 11.1. The summed E-state index contributed by atoms with van der Waals surface area (Å²) >= 11 is 0. The van der Waals surface area contributed by atoms with Gasteiger partial charge in [-0.05, 0) is 18.8 Å². The quantitative estimate of drug-likeness (QED) is 0.604. The fourth-order valence-electron chi connectivity index (χ4n) is 1.62. The van der Waals surface area contributed by atoms with Gasteiger partial charge in [-0.15, -0.1) is 0 Å². The number of rotatable bonds is 2. The van der Waals surface area contributed by atoms with E-state index in [1.807, 2.05) is 0 Å². The Hall–Kier alpha value is -0.0800. The number of hydrogen-bond acceptors (Lipinski definition) is 1. The number of hydrogen-bond donors (Lipinski definition) is 0. The average molecular weight is 157 g/mol. The second-order valence-corrected chi connectivity index (χ2v) is 3.38. The summed E-state index contributed by atoms with van der Waals surface area (Å²) in [5.74, 6) is 0.888. The Kier molecular flexibility index (Phi) is 3.34. The summed E-state index contributed by atoms with van der Waals surface area (Å²) < 4.78 is 5.13. The molecule has 1 rings (SSSR count). The molecule has 11 heavy (non-hydrogen) atoms. The zero-order valence-electron chi connectivity index (χ0n) is 7.38. The zero-order valence-corrected chi connectivity index (χ0v) is 7.38. The van der Waals surface area contributed by atoms with Crippen molar-refractivity contribution < 1.29 is 9.84 Å². The maximum Gasteiger partial charge on any atom is 0.194 e. The molecule has 65 valence electrons. The van der Waals surface area contributed by atoms with E-state index < -0.39 is 6.29 Å². The molecule has 2 heteroatoms. The standard InChI is InChI=1S/C9H17O2/c1-3-7-5-8(4-2)9(10)11-6-7/h7-9H,3-6H2,1-2H3. The van der Waals surface area contributed by atoms with Gasteiger partial charge in [0.05, 0.1) is 6.61 Å². The SMILES string of the molecule is CCC1COC([O])C(CC)C1. The van der Waals surface area contributed by atoms with Crippen molar-refractivity contribution >= 4 is 0 Å². The van der Waals surface area contributed by atoms with E-state index in [4.69, 9.17) is 4.74 Å². The topological polar surface area (TPSA) is 29.1 Å². The molecule has 3 unspecified atom stereocenters. The van der Waals surface area contributed by atoms with Crippen LogP contribution in [0.25, 0.3) is 0 Å². The van der Waals surface area contributed by atoms with E-state index in [1.54, 1.807) is 0 Å². The lowest BCUT2D eigenvalue weighted by Crippen LogP contribution is -2.32. The minimum absolute atomic E-state index is 0.258. The van der Waals surface area contributed by atoms with Crippen LogP contribution >= 0.6 is 0 Å². The summed E-state index contributed by atoms with van der Waals surface area (Å²) in [6, 6.07) is 0. The van der Waals surface area contributed by atoms with E-state index in [0.717, 1.165) is 19.3 Å². The van der Waals surface area contributed by atoms with Crippen molar-refractivity contribution in [2.45, 2.75) is 39.4 Å². The molecule has 1 aliphatic rings. The van der Waals surface area contributed by atoms with Gasteiger partial charge in [-0.3, -0.25) is 0 Å². The van der Waals surface area contributed by atoms with Crippen LogP contribution in [0.1, 0.15) is 33.1 Å². The third-order valence-corrected chi connectivity index (χ3v) is 2.62. The van der Waals surface area contributed by atoms with Crippen molar-refractivity contribution in [1.29, 1.82) is 0 Å². The predicted octanol–water partition coefficient (Wildman–Crippen LogP) is 2.22. The molecule has 0 aromatic heterocycles. The van der Waals surface area contributed by atoms with Crippen molar-refractivity contribution in [2.24, 2.45) is 11.8 Å². The van der Waals surface area contributed by atoms with Crippen LogP contribution in [0.5, 0.6) is 0 Å². The van der Waals surface area contributed by atoms with Gasteiger partial charge in [-0.25, -0.2) is 5.11 Å². The molecular formula is C9H17O2. The molecular weight excluding hydrogens is 140 g/mol. The van der Waals surface area contributed by atoms with E-state index in [9.17, 15) is 5.11 Å². The fourth-order valence-corrected chi connectivity index (χ4v) is 1.62. The molecule has 0 spiro atoms. The fraction of sp³-hybridized carbons (Fsp3) is 1.00. The molecule has 2 nitrogen and oxygen atoms in total. The third kappa shape index (κ3) is 2.17. The number of ether oxygens (including phenoxy) is 1. The zero-order chi connectivity index (χ0) is 8.27. The Morgan fingerprint density at radius 1 is 1.36 bits per heavy atom. The van der Waals surface area contributed by atoms with Crippen LogP contribution in [0.2, 0.25) is 0 Å². The summed E-state index contributed by atoms with van der Waals surface area (Å²) in [5.41, 5.74) is 0. The molecule has 0 amide bonds. The first kappa shape index (κ1) is 9.01. The van der Waals surface area contributed by atoms with Crippen LogP contribution in [-0.4, -0.2) is 12.9 Å². The molecule has 0 saturated carbocycles. The van der Waals surface area contributed by atoms with Gasteiger partial charge in [0, 0.05) is 5.92 Å². The minimum Gasteiger partial charge on any atom is -0.349 e. The van der Waals surface area contributed by atoms with E-state index in [2.05, 4.69) is 13.8 Å². The van der Waals surface area contributed by atoms with Crippen LogP contribution in [0.15, 0.2) is 0 Å². The van der Waals surface area contributed by atoms with Crippen molar-refractivity contribution in [3.8, 4) is 0 Å². The van der Waals surface area contributed by atoms with Gasteiger partial charge in [0.15, 0.2) is 6.29 Å². The molecule has 1 saturated heterocycles. The molecule has 0 aromatic rings. The van der Waals surface area contributed by atoms with Crippen molar-refractivity contribution in [1.82, 2.24) is 0 Å². The van der Waals surface area contributed by atoms with Gasteiger partial charge in [0.1, 0.15) is 0 Å². The monoisotopic (exact) mass is 157 g/mol. The van der Waals surface area contributed by atoms with Crippen LogP contribution in [0.4, 0.5) is 0 Å². The maximum absolute atomic E-state index is 11.1. The smallest absolute Gasteiger partial charge is 0.194 e. The van der Waals surface area contributed by atoms with E-state index in [0.29, 0.717) is 12.5 Å².